The van der Waals surface area contributed by atoms with Crippen molar-refractivity contribution in [3.63, 3.8) is 0 Å². The Labute approximate surface area is 63.9 Å². The highest BCUT2D eigenvalue weighted by molar-refractivity contribution is 9.09. The highest BCUT2D eigenvalue weighted by Crippen LogP contribution is 2.39. The van der Waals surface area contributed by atoms with Crippen LogP contribution in [-0.4, -0.2) is 17.5 Å². The number of hydrogen-bond donors (Lipinski definition) is 0. The van der Waals surface area contributed by atoms with E-state index in [1.165, 1.54) is 24.6 Å². The third-order valence-electron chi connectivity index (χ3n) is 2.33. The van der Waals surface area contributed by atoms with Crippen molar-refractivity contribution in [2.75, 3.05) is 5.33 Å². The molecule has 0 aromatic rings. The summed E-state index contributed by atoms with van der Waals surface area (Å²) >= 11 is 3.50. The van der Waals surface area contributed by atoms with Crippen LogP contribution in [0.5, 0.6) is 0 Å². The van der Waals surface area contributed by atoms with Crippen LogP contribution in [0.15, 0.2) is 0 Å². The molecule has 2 rings (SSSR count). The topological polar surface area (TPSA) is 12.5 Å². The number of rotatable bonds is 1. The van der Waals surface area contributed by atoms with E-state index in [1.54, 1.807) is 0 Å². The van der Waals surface area contributed by atoms with Gasteiger partial charge in [-0.1, -0.05) is 15.9 Å². The SMILES string of the molecule is BrCC1CCC2OC2C1. The molecule has 9 heavy (non-hydrogen) atoms. The first-order valence-electron chi connectivity index (χ1n) is 3.61. The second-order valence-corrected chi connectivity index (χ2v) is 3.69. The van der Waals surface area contributed by atoms with Gasteiger partial charge in [0, 0.05) is 5.33 Å². The quantitative estimate of drug-likeness (QED) is 0.455. The number of alkyl halides is 1. The standard InChI is InChI=1S/C7H11BrO/c8-4-5-1-2-6-7(3-5)9-6/h5-7H,1-4H2. The summed E-state index contributed by atoms with van der Waals surface area (Å²) in [7, 11) is 0. The molecular formula is C7H11BrO. The molecule has 1 aliphatic heterocycles. The van der Waals surface area contributed by atoms with Crippen LogP contribution in [0.2, 0.25) is 0 Å². The predicted molar refractivity (Wildman–Crippen MR) is 39.8 cm³/mol. The second-order valence-electron chi connectivity index (χ2n) is 3.05. The lowest BCUT2D eigenvalue weighted by molar-refractivity contribution is 0.368. The molecule has 3 unspecified atom stereocenters. The highest BCUT2D eigenvalue weighted by Gasteiger charge is 2.43. The fourth-order valence-electron chi connectivity index (χ4n) is 1.63. The van der Waals surface area contributed by atoms with Crippen molar-refractivity contribution in [3.8, 4) is 0 Å². The first-order valence-corrected chi connectivity index (χ1v) is 4.73. The summed E-state index contributed by atoms with van der Waals surface area (Å²) in [5, 5.41) is 1.17. The van der Waals surface area contributed by atoms with E-state index in [0.29, 0.717) is 12.2 Å². The van der Waals surface area contributed by atoms with Crippen molar-refractivity contribution in [3.05, 3.63) is 0 Å². The van der Waals surface area contributed by atoms with Gasteiger partial charge in [-0.2, -0.15) is 0 Å². The molecule has 0 amide bonds. The van der Waals surface area contributed by atoms with Crippen molar-refractivity contribution in [2.45, 2.75) is 31.5 Å². The van der Waals surface area contributed by atoms with E-state index in [2.05, 4.69) is 15.9 Å². The van der Waals surface area contributed by atoms with E-state index < -0.39 is 0 Å². The molecule has 2 aliphatic rings. The lowest BCUT2D eigenvalue weighted by Gasteiger charge is -2.14. The Hall–Kier alpha value is 0.440. The monoisotopic (exact) mass is 190 g/mol. The Morgan fingerprint density at radius 1 is 1.33 bits per heavy atom. The summed E-state index contributed by atoms with van der Waals surface area (Å²) in [5.41, 5.74) is 0. The Kier molecular flexibility index (Phi) is 1.54. The fourth-order valence-corrected chi connectivity index (χ4v) is 2.21. The van der Waals surface area contributed by atoms with Crippen LogP contribution >= 0.6 is 15.9 Å². The summed E-state index contributed by atoms with van der Waals surface area (Å²) in [6.45, 7) is 0. The number of epoxide rings is 1. The Bertz CT molecular complexity index is 115. The number of halogens is 1. The first kappa shape index (κ1) is 6.17. The maximum absolute atomic E-state index is 5.39. The van der Waals surface area contributed by atoms with Crippen molar-refractivity contribution in [1.29, 1.82) is 0 Å². The fraction of sp³-hybridized carbons (Fsp3) is 1.00. The van der Waals surface area contributed by atoms with Crippen LogP contribution < -0.4 is 0 Å². The maximum Gasteiger partial charge on any atom is 0.0844 e. The van der Waals surface area contributed by atoms with Crippen LogP contribution in [0.4, 0.5) is 0 Å². The van der Waals surface area contributed by atoms with Gasteiger partial charge in [-0.3, -0.25) is 0 Å². The van der Waals surface area contributed by atoms with Crippen LogP contribution in [0.3, 0.4) is 0 Å². The van der Waals surface area contributed by atoms with E-state index >= 15 is 0 Å². The molecule has 1 saturated carbocycles. The second kappa shape index (κ2) is 2.24. The average Bonchev–Trinajstić information content (AvgIpc) is 2.64. The van der Waals surface area contributed by atoms with Crippen molar-refractivity contribution >= 4 is 15.9 Å². The lowest BCUT2D eigenvalue weighted by atomic mass is 9.91. The minimum absolute atomic E-state index is 0.654. The van der Waals surface area contributed by atoms with Crippen LogP contribution in [-0.2, 0) is 4.74 Å². The van der Waals surface area contributed by atoms with Gasteiger partial charge in [0.2, 0.25) is 0 Å². The van der Waals surface area contributed by atoms with Gasteiger partial charge in [-0.05, 0) is 25.2 Å². The number of hydrogen-bond acceptors (Lipinski definition) is 1. The number of fused-ring (bicyclic) bond motifs is 1. The molecule has 0 bridgehead atoms. The normalized spacial score (nSPS) is 48.3. The third kappa shape index (κ3) is 1.15. The molecule has 2 heteroatoms. The summed E-state index contributed by atoms with van der Waals surface area (Å²) in [4.78, 5) is 0. The zero-order valence-electron chi connectivity index (χ0n) is 5.35. The Morgan fingerprint density at radius 2 is 2.22 bits per heavy atom. The van der Waals surface area contributed by atoms with Crippen LogP contribution in [0, 0.1) is 5.92 Å². The smallest absolute Gasteiger partial charge is 0.0844 e. The van der Waals surface area contributed by atoms with E-state index in [-0.39, 0.29) is 0 Å². The van der Waals surface area contributed by atoms with Gasteiger partial charge in [0.15, 0.2) is 0 Å². The van der Waals surface area contributed by atoms with E-state index in [0.717, 1.165) is 5.92 Å². The van der Waals surface area contributed by atoms with Crippen LogP contribution in [0.25, 0.3) is 0 Å². The van der Waals surface area contributed by atoms with Gasteiger partial charge in [0.1, 0.15) is 0 Å². The average molecular weight is 191 g/mol. The number of ether oxygens (including phenoxy) is 1. The molecule has 52 valence electrons. The molecule has 2 fully saturated rings. The van der Waals surface area contributed by atoms with E-state index in [9.17, 15) is 0 Å². The summed E-state index contributed by atoms with van der Waals surface area (Å²) < 4.78 is 5.39. The zero-order chi connectivity index (χ0) is 6.27. The molecular weight excluding hydrogens is 180 g/mol. The minimum atomic E-state index is 0.654. The Morgan fingerprint density at radius 3 is 2.89 bits per heavy atom. The maximum atomic E-state index is 5.39. The molecule has 0 spiro atoms. The Balaban J connectivity index is 1.86. The predicted octanol–water partition coefficient (Wildman–Crippen LogP) is 1.95. The van der Waals surface area contributed by atoms with Crippen molar-refractivity contribution in [2.24, 2.45) is 5.92 Å². The molecule has 0 aromatic carbocycles. The third-order valence-corrected chi connectivity index (χ3v) is 3.25. The van der Waals surface area contributed by atoms with Crippen molar-refractivity contribution < 1.29 is 4.74 Å². The highest BCUT2D eigenvalue weighted by atomic mass is 79.9. The summed E-state index contributed by atoms with van der Waals surface area (Å²) in [5.74, 6) is 0.897. The molecule has 0 radical (unpaired) electrons. The molecule has 1 nitrogen and oxygen atoms in total. The van der Waals surface area contributed by atoms with E-state index in [1.807, 2.05) is 0 Å². The lowest BCUT2D eigenvalue weighted by Crippen LogP contribution is -2.13. The molecule has 1 aliphatic carbocycles. The molecule has 1 saturated heterocycles. The zero-order valence-corrected chi connectivity index (χ0v) is 6.93. The first-order chi connectivity index (χ1) is 4.40. The van der Waals surface area contributed by atoms with Gasteiger partial charge in [0.05, 0.1) is 12.2 Å². The van der Waals surface area contributed by atoms with Crippen LogP contribution in [0.1, 0.15) is 19.3 Å². The largest absolute Gasteiger partial charge is 0.370 e. The molecule has 0 N–H and O–H groups in total. The van der Waals surface area contributed by atoms with Gasteiger partial charge < -0.3 is 4.74 Å². The van der Waals surface area contributed by atoms with Gasteiger partial charge in [-0.25, -0.2) is 0 Å². The van der Waals surface area contributed by atoms with Gasteiger partial charge in [0.25, 0.3) is 0 Å². The van der Waals surface area contributed by atoms with E-state index in [4.69, 9.17) is 4.74 Å². The van der Waals surface area contributed by atoms with Gasteiger partial charge in [-0.15, -0.1) is 0 Å². The summed E-state index contributed by atoms with van der Waals surface area (Å²) in [6.07, 6.45) is 5.30. The molecule has 1 heterocycles. The van der Waals surface area contributed by atoms with Gasteiger partial charge >= 0.3 is 0 Å². The molecule has 0 aromatic heterocycles. The minimum Gasteiger partial charge on any atom is -0.370 e. The summed E-state index contributed by atoms with van der Waals surface area (Å²) in [6, 6.07) is 0. The van der Waals surface area contributed by atoms with Crippen molar-refractivity contribution in [1.82, 2.24) is 0 Å². The molecule has 3 atom stereocenters.